The number of anilines is 2. The minimum atomic E-state index is -3.94. The van der Waals surface area contributed by atoms with E-state index in [1.165, 1.54) is 18.2 Å². The first kappa shape index (κ1) is 21.5. The number of benzene rings is 2. The summed E-state index contributed by atoms with van der Waals surface area (Å²) in [6.45, 7) is 4.10. The standard InChI is InChI=1S/C18H16Cl2N4O3S2/c1-10(2)11-3-6-13(7-4-11)24-29(26,27)18-23-22-17(28-18)21-16(25)14-8-5-12(19)9-15(14)20/h3-10,24H,1-2H3,(H,21,22,25). The second-order valence-electron chi connectivity index (χ2n) is 6.33. The molecule has 3 rings (SSSR count). The third-order valence-corrected chi connectivity index (χ3v) is 7.00. The van der Waals surface area contributed by atoms with E-state index in [4.69, 9.17) is 23.2 Å². The van der Waals surface area contributed by atoms with Crippen molar-refractivity contribution in [3.05, 3.63) is 63.6 Å². The van der Waals surface area contributed by atoms with Crippen LogP contribution in [0.25, 0.3) is 0 Å². The van der Waals surface area contributed by atoms with Crippen molar-refractivity contribution in [3.8, 4) is 0 Å². The Hall–Kier alpha value is -2.20. The molecular formula is C18H16Cl2N4O3S2. The van der Waals surface area contributed by atoms with E-state index in [2.05, 4.69) is 20.2 Å². The van der Waals surface area contributed by atoms with Crippen LogP contribution in [0, 0.1) is 0 Å². The summed E-state index contributed by atoms with van der Waals surface area (Å²) in [5.41, 5.74) is 1.68. The van der Waals surface area contributed by atoms with E-state index in [1.807, 2.05) is 26.0 Å². The zero-order chi connectivity index (χ0) is 21.2. The van der Waals surface area contributed by atoms with Gasteiger partial charge in [0.2, 0.25) is 5.13 Å². The lowest BCUT2D eigenvalue weighted by molar-refractivity contribution is 0.102. The minimum absolute atomic E-state index is 0.0246. The van der Waals surface area contributed by atoms with Crippen LogP contribution in [0.4, 0.5) is 10.8 Å². The van der Waals surface area contributed by atoms with Gasteiger partial charge in [-0.1, -0.05) is 60.5 Å². The number of rotatable bonds is 6. The van der Waals surface area contributed by atoms with Crippen molar-refractivity contribution in [2.24, 2.45) is 0 Å². The molecule has 1 aromatic heterocycles. The fourth-order valence-corrected chi connectivity index (χ4v) is 4.79. The summed E-state index contributed by atoms with van der Waals surface area (Å²) in [5.74, 6) is -0.215. The van der Waals surface area contributed by atoms with Crippen LogP contribution in [0.1, 0.15) is 35.7 Å². The summed E-state index contributed by atoms with van der Waals surface area (Å²) in [4.78, 5) is 12.3. The van der Waals surface area contributed by atoms with Crippen LogP contribution < -0.4 is 10.0 Å². The molecule has 7 nitrogen and oxygen atoms in total. The van der Waals surface area contributed by atoms with E-state index in [1.54, 1.807) is 12.1 Å². The Bertz CT molecular complexity index is 1150. The van der Waals surface area contributed by atoms with Crippen LogP contribution in [-0.2, 0) is 10.0 Å². The van der Waals surface area contributed by atoms with E-state index < -0.39 is 15.9 Å². The average Bonchev–Trinajstić information content (AvgIpc) is 3.11. The zero-order valence-corrected chi connectivity index (χ0v) is 18.5. The smallest absolute Gasteiger partial charge is 0.291 e. The summed E-state index contributed by atoms with van der Waals surface area (Å²) in [6.07, 6.45) is 0. The van der Waals surface area contributed by atoms with Crippen LogP contribution in [0.3, 0.4) is 0 Å². The van der Waals surface area contributed by atoms with Gasteiger partial charge in [-0.05, 0) is 41.8 Å². The summed E-state index contributed by atoms with van der Waals surface area (Å²) < 4.78 is 27.2. The molecule has 0 spiro atoms. The molecule has 3 aromatic rings. The number of nitrogens with one attached hydrogen (secondary N) is 2. The second kappa shape index (κ2) is 8.66. The van der Waals surface area contributed by atoms with Gasteiger partial charge in [0, 0.05) is 10.7 Å². The average molecular weight is 471 g/mol. The van der Waals surface area contributed by atoms with Gasteiger partial charge >= 0.3 is 0 Å². The Labute approximate surface area is 182 Å². The zero-order valence-electron chi connectivity index (χ0n) is 15.3. The molecule has 0 fully saturated rings. The van der Waals surface area contributed by atoms with E-state index in [-0.39, 0.29) is 20.1 Å². The number of nitrogens with zero attached hydrogens (tertiary/aromatic N) is 2. The molecule has 11 heteroatoms. The monoisotopic (exact) mass is 470 g/mol. The van der Waals surface area contributed by atoms with Gasteiger partial charge in [0.05, 0.1) is 10.6 Å². The Morgan fingerprint density at radius 2 is 1.76 bits per heavy atom. The van der Waals surface area contributed by atoms with Crippen LogP contribution in [0.2, 0.25) is 10.0 Å². The molecule has 0 saturated carbocycles. The van der Waals surface area contributed by atoms with Gasteiger partial charge in [0.15, 0.2) is 0 Å². The van der Waals surface area contributed by atoms with Gasteiger partial charge in [0.1, 0.15) is 0 Å². The third-order valence-electron chi connectivity index (χ3n) is 3.86. The van der Waals surface area contributed by atoms with E-state index in [0.29, 0.717) is 16.6 Å². The SMILES string of the molecule is CC(C)c1ccc(NS(=O)(=O)c2nnc(NC(=O)c3ccc(Cl)cc3Cl)s2)cc1. The highest BCUT2D eigenvalue weighted by atomic mass is 35.5. The number of sulfonamides is 1. The first-order valence-corrected chi connectivity index (χ1v) is 11.4. The predicted octanol–water partition coefficient (Wildman–Crippen LogP) is 5.02. The van der Waals surface area contributed by atoms with E-state index in [0.717, 1.165) is 16.9 Å². The third kappa shape index (κ3) is 5.24. The molecule has 0 radical (unpaired) electrons. The van der Waals surface area contributed by atoms with Gasteiger partial charge in [-0.25, -0.2) is 0 Å². The fraction of sp³-hybridized carbons (Fsp3) is 0.167. The summed E-state index contributed by atoms with van der Waals surface area (Å²) in [7, 11) is -3.94. The van der Waals surface area contributed by atoms with E-state index >= 15 is 0 Å². The Balaban J connectivity index is 1.73. The molecule has 0 atom stereocenters. The van der Waals surface area contributed by atoms with Crippen LogP contribution in [0.15, 0.2) is 46.8 Å². The first-order valence-electron chi connectivity index (χ1n) is 8.38. The first-order chi connectivity index (χ1) is 13.7. The maximum atomic E-state index is 12.5. The number of amides is 1. The normalized spacial score (nSPS) is 11.5. The Morgan fingerprint density at radius 3 is 2.38 bits per heavy atom. The highest BCUT2D eigenvalue weighted by Crippen LogP contribution is 2.26. The lowest BCUT2D eigenvalue weighted by atomic mass is 10.0. The predicted molar refractivity (Wildman–Crippen MR) is 116 cm³/mol. The van der Waals surface area contributed by atoms with Gasteiger partial charge in [0.25, 0.3) is 20.3 Å². The van der Waals surface area contributed by atoms with Gasteiger partial charge in [-0.2, -0.15) is 8.42 Å². The quantitative estimate of drug-likeness (QED) is 0.492. The lowest BCUT2D eigenvalue weighted by Crippen LogP contribution is -2.12. The van der Waals surface area contributed by atoms with Crippen LogP contribution in [0.5, 0.6) is 0 Å². The molecular weight excluding hydrogens is 455 g/mol. The van der Waals surface area contributed by atoms with Crippen molar-refractivity contribution in [1.82, 2.24) is 10.2 Å². The molecule has 0 unspecified atom stereocenters. The topological polar surface area (TPSA) is 101 Å². The second-order valence-corrected chi connectivity index (χ2v) is 10.0. The maximum absolute atomic E-state index is 12.5. The number of aromatic nitrogens is 2. The van der Waals surface area contributed by atoms with Crippen molar-refractivity contribution in [3.63, 3.8) is 0 Å². The molecule has 152 valence electrons. The molecule has 0 bridgehead atoms. The van der Waals surface area contributed by atoms with Crippen molar-refractivity contribution >= 4 is 61.3 Å². The maximum Gasteiger partial charge on any atom is 0.291 e. The molecule has 2 aromatic carbocycles. The number of halogens is 2. The molecule has 0 aliphatic carbocycles. The van der Waals surface area contributed by atoms with Crippen LogP contribution in [-0.4, -0.2) is 24.5 Å². The molecule has 2 N–H and O–H groups in total. The highest BCUT2D eigenvalue weighted by molar-refractivity contribution is 7.94. The minimum Gasteiger partial charge on any atom is -0.296 e. The lowest BCUT2D eigenvalue weighted by Gasteiger charge is -2.08. The van der Waals surface area contributed by atoms with Gasteiger partial charge in [-0.15, -0.1) is 10.2 Å². The number of hydrogen-bond donors (Lipinski definition) is 2. The van der Waals surface area contributed by atoms with Gasteiger partial charge in [-0.3, -0.25) is 14.8 Å². The fourth-order valence-electron chi connectivity index (χ4n) is 2.34. The largest absolute Gasteiger partial charge is 0.296 e. The molecule has 0 aliphatic rings. The summed E-state index contributed by atoms with van der Waals surface area (Å²) in [6, 6.07) is 11.5. The molecule has 29 heavy (non-hydrogen) atoms. The Kier molecular flexibility index (Phi) is 6.42. The molecule has 0 saturated heterocycles. The molecule has 1 amide bonds. The number of carbonyl (C=O) groups excluding carboxylic acids is 1. The molecule has 1 heterocycles. The summed E-state index contributed by atoms with van der Waals surface area (Å²) in [5, 5.41) is 10.4. The number of carbonyl (C=O) groups is 1. The van der Waals surface area contributed by atoms with Crippen molar-refractivity contribution < 1.29 is 13.2 Å². The van der Waals surface area contributed by atoms with Crippen molar-refractivity contribution in [2.75, 3.05) is 10.0 Å². The van der Waals surface area contributed by atoms with Gasteiger partial charge < -0.3 is 0 Å². The summed E-state index contributed by atoms with van der Waals surface area (Å²) >= 11 is 12.5. The molecule has 0 aliphatic heterocycles. The van der Waals surface area contributed by atoms with Crippen molar-refractivity contribution in [2.45, 2.75) is 24.1 Å². The van der Waals surface area contributed by atoms with Crippen molar-refractivity contribution in [1.29, 1.82) is 0 Å². The van der Waals surface area contributed by atoms with Crippen LogP contribution >= 0.6 is 34.5 Å². The highest BCUT2D eigenvalue weighted by Gasteiger charge is 2.22. The van der Waals surface area contributed by atoms with E-state index in [9.17, 15) is 13.2 Å². The Morgan fingerprint density at radius 1 is 1.07 bits per heavy atom. The number of hydrogen-bond acceptors (Lipinski definition) is 6.